The van der Waals surface area contributed by atoms with E-state index >= 15 is 0 Å². The maximum Gasteiger partial charge on any atom is 0.511 e. The van der Waals surface area contributed by atoms with Crippen LogP contribution in [0.2, 0.25) is 0 Å². The van der Waals surface area contributed by atoms with Crippen molar-refractivity contribution in [3.05, 3.63) is 81.8 Å². The summed E-state index contributed by atoms with van der Waals surface area (Å²) in [4.78, 5) is 28.5. The third-order valence-corrected chi connectivity index (χ3v) is 6.93. The van der Waals surface area contributed by atoms with Gasteiger partial charge < -0.3 is 14.7 Å². The fourth-order valence-corrected chi connectivity index (χ4v) is 5.52. The molecule has 2 aliphatic heterocycles. The smallest absolute Gasteiger partial charge is 0.449 e. The van der Waals surface area contributed by atoms with Crippen molar-refractivity contribution in [1.82, 2.24) is 14.2 Å². The summed E-state index contributed by atoms with van der Waals surface area (Å²) in [6, 6.07) is 15.9. The molecule has 1 N–H and O–H groups in total. The Balaban J connectivity index is 1.41. The minimum Gasteiger partial charge on any atom is -0.449 e. The number of fused-ring (bicyclic) bond motifs is 3. The average molecular weight is 434 g/mol. The Labute approximate surface area is 186 Å². The molecule has 2 aromatic heterocycles. The van der Waals surface area contributed by atoms with Crippen molar-refractivity contribution in [3.63, 3.8) is 0 Å². The molecule has 0 aliphatic carbocycles. The van der Waals surface area contributed by atoms with Crippen LogP contribution in [0.4, 0.5) is 4.79 Å². The summed E-state index contributed by atoms with van der Waals surface area (Å²) in [5, 5.41) is 9.03. The zero-order chi connectivity index (χ0) is 22.3. The van der Waals surface area contributed by atoms with E-state index in [2.05, 4.69) is 41.1 Å². The summed E-state index contributed by atoms with van der Waals surface area (Å²) in [6.45, 7) is 4.58. The van der Waals surface area contributed by atoms with Crippen molar-refractivity contribution >= 4 is 11.7 Å². The van der Waals surface area contributed by atoms with Crippen molar-refractivity contribution in [1.29, 1.82) is 0 Å². The Kier molecular flexibility index (Phi) is 5.23. The van der Waals surface area contributed by atoms with Gasteiger partial charge in [-0.05, 0) is 67.9 Å². The number of rotatable bonds is 3. The van der Waals surface area contributed by atoms with Gasteiger partial charge in [-0.25, -0.2) is 4.79 Å². The second kappa shape index (κ2) is 8.07. The topological polar surface area (TPSA) is 74.5 Å². The van der Waals surface area contributed by atoms with E-state index in [1.807, 2.05) is 12.1 Å². The van der Waals surface area contributed by atoms with Gasteiger partial charge in [-0.2, -0.15) is 0 Å². The van der Waals surface area contributed by atoms with Crippen LogP contribution in [0, 0.1) is 0 Å². The van der Waals surface area contributed by atoms with E-state index in [0.29, 0.717) is 6.54 Å². The standard InChI is InChI=1S/C25H27N3O4/c1-26-15-18-6-2-3-7-20(18)25(17-26)9-12-27(13-10-25)16-19-14-22(32-24(30)31)23(29)28-11-5-4-8-21(19)28/h2-8,11,14H,9-10,12-13,15-17H2,1H3,(H,30,31). The number of aromatic nitrogens is 1. The molecule has 1 aromatic carbocycles. The molecule has 0 amide bonds. The summed E-state index contributed by atoms with van der Waals surface area (Å²) in [7, 11) is 2.20. The minimum atomic E-state index is -1.48. The zero-order valence-corrected chi connectivity index (χ0v) is 18.2. The summed E-state index contributed by atoms with van der Waals surface area (Å²) in [5.74, 6) is -0.160. The van der Waals surface area contributed by atoms with Gasteiger partial charge in [0.2, 0.25) is 0 Å². The van der Waals surface area contributed by atoms with E-state index in [1.54, 1.807) is 18.3 Å². The Hall–Kier alpha value is -3.16. The predicted molar refractivity (Wildman–Crippen MR) is 121 cm³/mol. The van der Waals surface area contributed by atoms with Crippen molar-refractivity contribution < 1.29 is 14.6 Å². The van der Waals surface area contributed by atoms with Gasteiger partial charge in [-0.1, -0.05) is 30.3 Å². The molecule has 166 valence electrons. The lowest BCUT2D eigenvalue weighted by molar-refractivity contribution is 0.107. The predicted octanol–water partition coefficient (Wildman–Crippen LogP) is 3.34. The molecule has 1 fully saturated rings. The Morgan fingerprint density at radius 2 is 1.88 bits per heavy atom. The summed E-state index contributed by atoms with van der Waals surface area (Å²) < 4.78 is 6.25. The van der Waals surface area contributed by atoms with E-state index in [4.69, 9.17) is 9.84 Å². The molecule has 3 aromatic rings. The van der Waals surface area contributed by atoms with Crippen molar-refractivity contribution in [2.24, 2.45) is 0 Å². The normalized spacial score (nSPS) is 18.5. The van der Waals surface area contributed by atoms with Gasteiger partial charge in [0.1, 0.15) is 0 Å². The number of benzene rings is 1. The molecule has 1 saturated heterocycles. The van der Waals surface area contributed by atoms with Crippen LogP contribution in [-0.4, -0.2) is 52.1 Å². The van der Waals surface area contributed by atoms with Crippen molar-refractivity contribution in [3.8, 4) is 5.75 Å². The number of likely N-dealkylation sites (N-methyl/N-ethyl adjacent to an activating group) is 1. The number of carbonyl (C=O) groups is 1. The zero-order valence-electron chi connectivity index (χ0n) is 18.2. The molecule has 7 heteroatoms. The molecule has 32 heavy (non-hydrogen) atoms. The molecule has 0 saturated carbocycles. The quantitative estimate of drug-likeness (QED) is 0.639. The van der Waals surface area contributed by atoms with Crippen LogP contribution in [0.5, 0.6) is 5.75 Å². The van der Waals surface area contributed by atoms with Crippen molar-refractivity contribution in [2.45, 2.75) is 31.3 Å². The van der Waals surface area contributed by atoms with Gasteiger partial charge in [0, 0.05) is 31.2 Å². The molecule has 7 nitrogen and oxygen atoms in total. The van der Waals surface area contributed by atoms with Crippen LogP contribution in [0.25, 0.3) is 5.52 Å². The first-order valence-electron chi connectivity index (χ1n) is 11.0. The highest BCUT2D eigenvalue weighted by molar-refractivity contribution is 5.63. The molecular weight excluding hydrogens is 406 g/mol. The van der Waals surface area contributed by atoms with Gasteiger partial charge in [0.25, 0.3) is 5.56 Å². The van der Waals surface area contributed by atoms with E-state index in [-0.39, 0.29) is 11.2 Å². The summed E-state index contributed by atoms with van der Waals surface area (Å²) in [6.07, 6.45) is 2.30. The molecule has 1 spiro atoms. The van der Waals surface area contributed by atoms with Crippen LogP contribution in [-0.2, 0) is 18.5 Å². The number of ether oxygens (including phenoxy) is 1. The third kappa shape index (κ3) is 3.67. The number of nitrogens with zero attached hydrogens (tertiary/aromatic N) is 3. The molecule has 4 heterocycles. The number of carboxylic acid groups (broad SMARTS) is 1. The molecule has 2 aliphatic rings. The van der Waals surface area contributed by atoms with Crippen LogP contribution >= 0.6 is 0 Å². The summed E-state index contributed by atoms with van der Waals surface area (Å²) in [5.41, 5.74) is 4.29. The van der Waals surface area contributed by atoms with Gasteiger partial charge in [-0.3, -0.25) is 14.1 Å². The lowest BCUT2D eigenvalue weighted by atomic mass is 9.69. The molecular formula is C25H27N3O4. The third-order valence-electron chi connectivity index (χ3n) is 6.93. The number of hydrogen-bond donors (Lipinski definition) is 1. The van der Waals surface area contributed by atoms with Gasteiger partial charge in [-0.15, -0.1) is 0 Å². The average Bonchev–Trinajstić information content (AvgIpc) is 2.78. The molecule has 5 rings (SSSR count). The highest BCUT2D eigenvalue weighted by Gasteiger charge is 2.41. The Morgan fingerprint density at radius 3 is 2.66 bits per heavy atom. The fraction of sp³-hybridized carbons (Fsp3) is 0.360. The molecule has 0 unspecified atom stereocenters. The highest BCUT2D eigenvalue weighted by atomic mass is 16.7. The van der Waals surface area contributed by atoms with Gasteiger partial charge in [0.15, 0.2) is 5.75 Å². The van der Waals surface area contributed by atoms with Crippen LogP contribution in [0.1, 0.15) is 29.5 Å². The second-order valence-corrected chi connectivity index (χ2v) is 9.05. The fourth-order valence-electron chi connectivity index (χ4n) is 5.52. The maximum absolute atomic E-state index is 12.6. The lowest BCUT2D eigenvalue weighted by Crippen LogP contribution is -2.50. The SMILES string of the molecule is CN1Cc2ccccc2C2(CCN(Cc3cc(OC(=O)O)c(=O)n4ccccc34)CC2)C1. The Morgan fingerprint density at radius 1 is 1.12 bits per heavy atom. The van der Waals surface area contributed by atoms with Gasteiger partial charge >= 0.3 is 6.16 Å². The van der Waals surface area contributed by atoms with E-state index in [9.17, 15) is 9.59 Å². The van der Waals surface area contributed by atoms with Gasteiger partial charge in [0.05, 0.1) is 5.52 Å². The first-order chi connectivity index (χ1) is 15.4. The Bertz CT molecular complexity index is 1230. The molecule has 0 bridgehead atoms. The molecule has 0 radical (unpaired) electrons. The minimum absolute atomic E-state index is 0.160. The number of likely N-dealkylation sites (tertiary alicyclic amines) is 1. The number of pyridine rings is 2. The number of hydrogen-bond acceptors (Lipinski definition) is 5. The first kappa shape index (κ1) is 20.7. The number of piperidine rings is 1. The maximum atomic E-state index is 12.6. The highest BCUT2D eigenvalue weighted by Crippen LogP contribution is 2.41. The summed E-state index contributed by atoms with van der Waals surface area (Å²) >= 11 is 0. The molecule has 0 atom stereocenters. The largest absolute Gasteiger partial charge is 0.511 e. The van der Waals surface area contributed by atoms with Crippen LogP contribution in [0.15, 0.2) is 59.5 Å². The monoisotopic (exact) mass is 433 g/mol. The van der Waals surface area contributed by atoms with Crippen molar-refractivity contribution in [2.75, 3.05) is 26.7 Å². The van der Waals surface area contributed by atoms with Crippen LogP contribution < -0.4 is 10.3 Å². The van der Waals surface area contributed by atoms with E-state index < -0.39 is 11.7 Å². The first-order valence-corrected chi connectivity index (χ1v) is 11.0. The lowest BCUT2D eigenvalue weighted by Gasteiger charge is -2.48. The van der Waals surface area contributed by atoms with E-state index in [1.165, 1.54) is 15.5 Å². The van der Waals surface area contributed by atoms with E-state index in [0.717, 1.165) is 50.1 Å². The second-order valence-electron chi connectivity index (χ2n) is 9.05. The van der Waals surface area contributed by atoms with Crippen LogP contribution in [0.3, 0.4) is 0 Å².